The number of fused-ring (bicyclic) bond motifs is 3. The van der Waals surface area contributed by atoms with Gasteiger partial charge < -0.3 is 4.42 Å². The van der Waals surface area contributed by atoms with Crippen molar-refractivity contribution in [2.75, 3.05) is 0 Å². The first kappa shape index (κ1) is 9.46. The highest BCUT2D eigenvalue weighted by molar-refractivity contribution is 5.98. The lowest BCUT2D eigenvalue weighted by molar-refractivity contribution is 0.617. The Balaban J connectivity index is 2.30. The van der Waals surface area contributed by atoms with Gasteiger partial charge in [-0.1, -0.05) is 38.1 Å². The van der Waals surface area contributed by atoms with Gasteiger partial charge in [0.2, 0.25) is 0 Å². The van der Waals surface area contributed by atoms with Crippen molar-refractivity contribution in [2.45, 2.75) is 19.8 Å². The molecule has 0 bridgehead atoms. The minimum atomic E-state index is 0.559. The average Bonchev–Trinajstić information content (AvgIpc) is 2.73. The minimum absolute atomic E-state index is 0.559. The molecule has 0 fully saturated rings. The van der Waals surface area contributed by atoms with Crippen LogP contribution in [0.2, 0.25) is 0 Å². The smallest absolute Gasteiger partial charge is 0.141 e. The number of rotatable bonds is 1. The second-order valence-corrected chi connectivity index (χ2v) is 4.54. The molecule has 0 spiro atoms. The standard InChI is InChI=1S/C15H14O/c1-10(2)11-3-4-12-9-13-7-8-16-15(13)14(12)6-5-11/h3-10H,1-2H3. The molecule has 0 amide bonds. The van der Waals surface area contributed by atoms with E-state index in [0.717, 1.165) is 5.58 Å². The van der Waals surface area contributed by atoms with Gasteiger partial charge in [0.05, 0.1) is 6.26 Å². The van der Waals surface area contributed by atoms with Gasteiger partial charge in [0, 0.05) is 10.9 Å². The van der Waals surface area contributed by atoms with Gasteiger partial charge in [0.1, 0.15) is 5.58 Å². The van der Waals surface area contributed by atoms with Gasteiger partial charge in [-0.3, -0.25) is 0 Å². The lowest BCUT2D eigenvalue weighted by Crippen LogP contribution is -1.81. The van der Waals surface area contributed by atoms with Gasteiger partial charge in [0.15, 0.2) is 0 Å². The second-order valence-electron chi connectivity index (χ2n) is 4.54. The average molecular weight is 210 g/mol. The minimum Gasteiger partial charge on any atom is -0.464 e. The van der Waals surface area contributed by atoms with E-state index < -0.39 is 0 Å². The van der Waals surface area contributed by atoms with Gasteiger partial charge in [0.25, 0.3) is 0 Å². The Hall–Kier alpha value is -1.76. The number of hydrogen-bond donors (Lipinski definition) is 0. The fourth-order valence-corrected chi connectivity index (χ4v) is 2.14. The van der Waals surface area contributed by atoms with Crippen LogP contribution >= 0.6 is 0 Å². The first-order valence-corrected chi connectivity index (χ1v) is 5.65. The number of hydrogen-bond acceptors (Lipinski definition) is 1. The fourth-order valence-electron chi connectivity index (χ4n) is 2.14. The van der Waals surface area contributed by atoms with Crippen LogP contribution in [0.4, 0.5) is 0 Å². The van der Waals surface area contributed by atoms with Gasteiger partial charge in [-0.25, -0.2) is 0 Å². The van der Waals surface area contributed by atoms with Crippen molar-refractivity contribution >= 4 is 11.0 Å². The van der Waals surface area contributed by atoms with Crippen LogP contribution in [0.1, 0.15) is 25.3 Å². The van der Waals surface area contributed by atoms with E-state index in [1.165, 1.54) is 22.1 Å². The van der Waals surface area contributed by atoms with Crippen LogP contribution in [0.15, 0.2) is 47.1 Å². The molecule has 1 aromatic heterocycles. The Labute approximate surface area is 95.0 Å². The molecule has 1 heterocycles. The van der Waals surface area contributed by atoms with E-state index in [2.05, 4.69) is 44.2 Å². The van der Waals surface area contributed by atoms with Crippen LogP contribution < -0.4 is 0 Å². The Kier molecular flexibility index (Phi) is 2.00. The van der Waals surface area contributed by atoms with Crippen molar-refractivity contribution in [3.63, 3.8) is 0 Å². The first-order valence-electron chi connectivity index (χ1n) is 5.65. The van der Waals surface area contributed by atoms with E-state index in [4.69, 9.17) is 4.42 Å². The third-order valence-corrected chi connectivity index (χ3v) is 3.13. The molecular weight excluding hydrogens is 196 g/mol. The van der Waals surface area contributed by atoms with Crippen molar-refractivity contribution in [2.24, 2.45) is 0 Å². The summed E-state index contributed by atoms with van der Waals surface area (Å²) in [6.07, 6.45) is 1.75. The summed E-state index contributed by atoms with van der Waals surface area (Å²) in [6, 6.07) is 12.9. The number of furan rings is 1. The van der Waals surface area contributed by atoms with Crippen LogP contribution in [0.3, 0.4) is 0 Å². The molecule has 0 N–H and O–H groups in total. The van der Waals surface area contributed by atoms with Crippen LogP contribution in [0, 0.1) is 0 Å². The molecule has 1 aromatic rings. The van der Waals surface area contributed by atoms with Gasteiger partial charge in [-0.15, -0.1) is 0 Å². The van der Waals surface area contributed by atoms with Gasteiger partial charge in [-0.2, -0.15) is 0 Å². The zero-order chi connectivity index (χ0) is 11.1. The van der Waals surface area contributed by atoms with E-state index in [9.17, 15) is 0 Å². The molecule has 0 saturated carbocycles. The summed E-state index contributed by atoms with van der Waals surface area (Å²) < 4.78 is 5.51. The quantitative estimate of drug-likeness (QED) is 0.569. The molecule has 0 aromatic carbocycles. The lowest BCUT2D eigenvalue weighted by Gasteiger charge is -1.99. The molecule has 2 aliphatic carbocycles. The molecule has 1 heteroatoms. The molecule has 3 rings (SSSR count). The SMILES string of the molecule is CC(C)c1ccc2cc3ccoc3c-2cc1. The summed E-state index contributed by atoms with van der Waals surface area (Å²) in [5.41, 5.74) is 4.81. The van der Waals surface area contributed by atoms with Crippen molar-refractivity contribution < 1.29 is 4.42 Å². The van der Waals surface area contributed by atoms with Crippen LogP contribution in [0.25, 0.3) is 22.1 Å². The van der Waals surface area contributed by atoms with Crippen molar-refractivity contribution in [3.8, 4) is 11.1 Å². The topological polar surface area (TPSA) is 13.1 Å². The Morgan fingerprint density at radius 3 is 2.62 bits per heavy atom. The third kappa shape index (κ3) is 1.32. The highest BCUT2D eigenvalue weighted by Crippen LogP contribution is 2.34. The highest BCUT2D eigenvalue weighted by Gasteiger charge is 2.11. The van der Waals surface area contributed by atoms with Crippen LogP contribution in [-0.4, -0.2) is 0 Å². The maximum Gasteiger partial charge on any atom is 0.141 e. The zero-order valence-corrected chi connectivity index (χ0v) is 9.53. The first-order chi connectivity index (χ1) is 7.75. The molecule has 16 heavy (non-hydrogen) atoms. The maximum atomic E-state index is 5.51. The molecule has 0 radical (unpaired) electrons. The maximum absolute atomic E-state index is 5.51. The fraction of sp³-hybridized carbons (Fsp3) is 0.200. The van der Waals surface area contributed by atoms with Crippen molar-refractivity contribution in [1.82, 2.24) is 0 Å². The second kappa shape index (κ2) is 3.38. The summed E-state index contributed by atoms with van der Waals surface area (Å²) in [7, 11) is 0. The van der Waals surface area contributed by atoms with Crippen molar-refractivity contribution in [3.05, 3.63) is 48.2 Å². The van der Waals surface area contributed by atoms with E-state index >= 15 is 0 Å². The largest absolute Gasteiger partial charge is 0.464 e. The summed E-state index contributed by atoms with van der Waals surface area (Å²) >= 11 is 0. The molecule has 2 aliphatic rings. The summed E-state index contributed by atoms with van der Waals surface area (Å²) in [5, 5.41) is 1.19. The molecule has 1 nitrogen and oxygen atoms in total. The summed E-state index contributed by atoms with van der Waals surface area (Å²) in [6.45, 7) is 4.42. The molecule has 0 atom stereocenters. The van der Waals surface area contributed by atoms with E-state index in [1.807, 2.05) is 6.07 Å². The molecule has 0 aliphatic heterocycles. The normalized spacial score (nSPS) is 11.7. The van der Waals surface area contributed by atoms with Crippen molar-refractivity contribution in [1.29, 1.82) is 0 Å². The summed E-state index contributed by atoms with van der Waals surface area (Å²) in [4.78, 5) is 0. The predicted molar refractivity (Wildman–Crippen MR) is 66.9 cm³/mol. The predicted octanol–water partition coefficient (Wildman–Crippen LogP) is 4.66. The van der Waals surface area contributed by atoms with Crippen LogP contribution in [-0.2, 0) is 0 Å². The van der Waals surface area contributed by atoms with E-state index in [0.29, 0.717) is 5.92 Å². The molecule has 80 valence electrons. The van der Waals surface area contributed by atoms with E-state index in [-0.39, 0.29) is 0 Å². The lowest BCUT2D eigenvalue weighted by atomic mass is 10.1. The van der Waals surface area contributed by atoms with Gasteiger partial charge >= 0.3 is 0 Å². The molecule has 0 unspecified atom stereocenters. The van der Waals surface area contributed by atoms with Gasteiger partial charge in [-0.05, 0) is 29.2 Å². The Bertz CT molecular complexity index is 604. The van der Waals surface area contributed by atoms with E-state index in [1.54, 1.807) is 6.26 Å². The molecular formula is C15H14O. The van der Waals surface area contributed by atoms with Crippen LogP contribution in [0.5, 0.6) is 0 Å². The summed E-state index contributed by atoms with van der Waals surface area (Å²) in [5.74, 6) is 0.559. The Morgan fingerprint density at radius 1 is 1.00 bits per heavy atom. The highest BCUT2D eigenvalue weighted by atomic mass is 16.3. The zero-order valence-electron chi connectivity index (χ0n) is 9.53. The third-order valence-electron chi connectivity index (χ3n) is 3.13. The Morgan fingerprint density at radius 2 is 1.81 bits per heavy atom. The molecule has 0 saturated heterocycles. The monoisotopic (exact) mass is 210 g/mol.